The summed E-state index contributed by atoms with van der Waals surface area (Å²) in [7, 11) is 1.59. The second kappa shape index (κ2) is 11.5. The molecule has 0 radical (unpaired) electrons. The standard InChI is InChI=1S/C26H31N5O3/c1-18-4-6-20(7-5-18)30-19(2)23(14-27)25(32)31-21-8-9-24(29-15-21)26(16-28)12-10-22(11-13-26)34-17-33-3/h4-9,14-15,22H,10-13,17,27H2,1-3H3,(H,31,32). The van der Waals surface area contributed by atoms with Crippen molar-refractivity contribution in [3.8, 4) is 6.07 Å². The summed E-state index contributed by atoms with van der Waals surface area (Å²) in [5.41, 5.74) is 8.93. The van der Waals surface area contributed by atoms with Crippen molar-refractivity contribution in [2.45, 2.75) is 51.0 Å². The third-order valence-corrected chi connectivity index (χ3v) is 6.07. The molecule has 0 spiro atoms. The molecule has 1 fully saturated rings. The highest BCUT2D eigenvalue weighted by molar-refractivity contribution is 6.24. The predicted molar refractivity (Wildman–Crippen MR) is 132 cm³/mol. The molecule has 178 valence electrons. The molecule has 0 aliphatic heterocycles. The number of pyridine rings is 1. The maximum atomic E-state index is 12.8. The molecule has 0 bridgehead atoms. The highest BCUT2D eigenvalue weighted by Gasteiger charge is 2.38. The maximum absolute atomic E-state index is 12.8. The van der Waals surface area contributed by atoms with Crippen LogP contribution in [0.25, 0.3) is 0 Å². The van der Waals surface area contributed by atoms with Crippen molar-refractivity contribution in [2.24, 2.45) is 10.7 Å². The van der Waals surface area contributed by atoms with Gasteiger partial charge < -0.3 is 20.5 Å². The Morgan fingerprint density at radius 2 is 2.00 bits per heavy atom. The van der Waals surface area contributed by atoms with Gasteiger partial charge in [-0.05, 0) is 63.8 Å². The van der Waals surface area contributed by atoms with E-state index in [9.17, 15) is 10.1 Å². The Kier molecular flexibility index (Phi) is 8.52. The lowest BCUT2D eigenvalue weighted by atomic mass is 9.72. The Morgan fingerprint density at radius 1 is 1.29 bits per heavy atom. The monoisotopic (exact) mass is 461 g/mol. The zero-order valence-electron chi connectivity index (χ0n) is 19.9. The number of ether oxygens (including phenoxy) is 2. The number of aryl methyl sites for hydroxylation is 1. The van der Waals surface area contributed by atoms with Crippen LogP contribution in [-0.4, -0.2) is 36.6 Å². The lowest BCUT2D eigenvalue weighted by Crippen LogP contribution is -2.34. The van der Waals surface area contributed by atoms with Crippen molar-refractivity contribution in [2.75, 3.05) is 19.2 Å². The van der Waals surface area contributed by atoms with Gasteiger partial charge in [-0.1, -0.05) is 17.7 Å². The smallest absolute Gasteiger partial charge is 0.259 e. The molecular weight excluding hydrogens is 430 g/mol. The topological polar surface area (TPSA) is 123 Å². The average Bonchev–Trinajstić information content (AvgIpc) is 2.85. The molecule has 8 heteroatoms. The fourth-order valence-electron chi connectivity index (χ4n) is 4.02. The Balaban J connectivity index is 1.67. The van der Waals surface area contributed by atoms with E-state index in [-0.39, 0.29) is 24.4 Å². The SMILES string of the molecule is COCOC1CCC(C#N)(c2ccc(NC(=O)C(=CN)C(C)=Nc3ccc(C)cc3)cn2)CC1. The van der Waals surface area contributed by atoms with Gasteiger partial charge in [-0.25, -0.2) is 0 Å². The molecule has 1 aliphatic carbocycles. The normalized spacial score (nSPS) is 21.1. The zero-order chi connectivity index (χ0) is 24.6. The van der Waals surface area contributed by atoms with E-state index in [1.165, 1.54) is 6.20 Å². The van der Waals surface area contributed by atoms with Crippen LogP contribution >= 0.6 is 0 Å². The molecule has 1 heterocycles. The summed E-state index contributed by atoms with van der Waals surface area (Å²) in [5, 5.41) is 12.7. The van der Waals surface area contributed by atoms with Crippen molar-refractivity contribution in [1.82, 2.24) is 4.98 Å². The van der Waals surface area contributed by atoms with Crippen LogP contribution in [0.2, 0.25) is 0 Å². The number of nitrogens with two attached hydrogens (primary N) is 1. The molecule has 0 saturated heterocycles. The molecule has 1 aromatic heterocycles. The minimum Gasteiger partial charge on any atom is -0.404 e. The van der Waals surface area contributed by atoms with Crippen LogP contribution in [0, 0.1) is 18.3 Å². The molecule has 1 aromatic carbocycles. The lowest BCUT2D eigenvalue weighted by molar-refractivity contribution is -0.112. The number of aliphatic imine (C=N–C) groups is 1. The Bertz CT molecular complexity index is 1080. The summed E-state index contributed by atoms with van der Waals surface area (Å²) in [5.74, 6) is -0.379. The third kappa shape index (κ3) is 6.07. The predicted octanol–water partition coefficient (Wildman–Crippen LogP) is 4.29. The minimum atomic E-state index is -0.658. The summed E-state index contributed by atoms with van der Waals surface area (Å²) in [4.78, 5) is 21.8. The number of rotatable bonds is 8. The summed E-state index contributed by atoms with van der Waals surface area (Å²) in [6, 6.07) is 13.7. The van der Waals surface area contributed by atoms with Crippen LogP contribution in [0.1, 0.15) is 43.9 Å². The van der Waals surface area contributed by atoms with Gasteiger partial charge in [0.05, 0.1) is 52.1 Å². The highest BCUT2D eigenvalue weighted by Crippen LogP contribution is 2.39. The van der Waals surface area contributed by atoms with Crippen LogP contribution in [0.4, 0.5) is 11.4 Å². The number of carbonyl (C=O) groups is 1. The summed E-state index contributed by atoms with van der Waals surface area (Å²) >= 11 is 0. The van der Waals surface area contributed by atoms with Gasteiger partial charge in [-0.3, -0.25) is 14.8 Å². The number of nitrogens with zero attached hydrogens (tertiary/aromatic N) is 3. The van der Waals surface area contributed by atoms with E-state index in [1.54, 1.807) is 32.4 Å². The molecule has 1 saturated carbocycles. The second-order valence-electron chi connectivity index (χ2n) is 8.47. The number of hydrogen-bond acceptors (Lipinski definition) is 7. The van der Waals surface area contributed by atoms with Crippen molar-refractivity contribution < 1.29 is 14.3 Å². The number of nitriles is 1. The van der Waals surface area contributed by atoms with Crippen LogP contribution in [0.5, 0.6) is 0 Å². The molecule has 34 heavy (non-hydrogen) atoms. The quantitative estimate of drug-likeness (QED) is 0.343. The number of aromatic nitrogens is 1. The van der Waals surface area contributed by atoms with Gasteiger partial charge in [0.15, 0.2) is 0 Å². The van der Waals surface area contributed by atoms with Crippen LogP contribution in [0.15, 0.2) is 59.4 Å². The van der Waals surface area contributed by atoms with Crippen molar-refractivity contribution in [3.63, 3.8) is 0 Å². The molecule has 1 aliphatic rings. The van der Waals surface area contributed by atoms with Gasteiger partial charge in [0.25, 0.3) is 5.91 Å². The number of nitrogens with one attached hydrogen (secondary N) is 1. The number of anilines is 1. The highest BCUT2D eigenvalue weighted by atomic mass is 16.7. The average molecular weight is 462 g/mol. The Hall–Kier alpha value is -3.54. The first-order valence-electron chi connectivity index (χ1n) is 11.2. The lowest BCUT2D eigenvalue weighted by Gasteiger charge is -2.34. The maximum Gasteiger partial charge on any atom is 0.259 e. The number of hydrogen-bond donors (Lipinski definition) is 2. The number of methoxy groups -OCH3 is 1. The van der Waals surface area contributed by atoms with Gasteiger partial charge in [-0.2, -0.15) is 5.26 Å². The van der Waals surface area contributed by atoms with Gasteiger partial charge >= 0.3 is 0 Å². The van der Waals surface area contributed by atoms with Crippen molar-refractivity contribution in [1.29, 1.82) is 5.26 Å². The van der Waals surface area contributed by atoms with Gasteiger partial charge in [-0.15, -0.1) is 0 Å². The van der Waals surface area contributed by atoms with E-state index in [4.69, 9.17) is 15.2 Å². The molecular formula is C26H31N5O3. The first kappa shape index (κ1) is 25.1. The minimum absolute atomic E-state index is 0.0891. The van der Waals surface area contributed by atoms with Crippen molar-refractivity contribution >= 4 is 23.0 Å². The van der Waals surface area contributed by atoms with Crippen molar-refractivity contribution in [3.05, 3.63) is 65.6 Å². The zero-order valence-corrected chi connectivity index (χ0v) is 19.9. The fraction of sp³-hybridized carbons (Fsp3) is 0.385. The molecule has 3 rings (SSSR count). The van der Waals surface area contributed by atoms with E-state index in [2.05, 4.69) is 21.4 Å². The van der Waals surface area contributed by atoms with Crippen LogP contribution in [-0.2, 0) is 19.7 Å². The molecule has 0 atom stereocenters. The molecule has 2 aromatic rings. The number of carbonyl (C=O) groups excluding carboxylic acids is 1. The molecule has 0 unspecified atom stereocenters. The second-order valence-corrected chi connectivity index (χ2v) is 8.47. The Labute approximate surface area is 200 Å². The number of benzene rings is 1. The third-order valence-electron chi connectivity index (χ3n) is 6.07. The van der Waals surface area contributed by atoms with E-state index < -0.39 is 5.41 Å². The number of amides is 1. The van der Waals surface area contributed by atoms with E-state index >= 15 is 0 Å². The van der Waals surface area contributed by atoms with E-state index in [0.29, 0.717) is 29.9 Å². The first-order valence-corrected chi connectivity index (χ1v) is 11.2. The Morgan fingerprint density at radius 3 is 2.56 bits per heavy atom. The van der Waals surface area contributed by atoms with Gasteiger partial charge in [0.1, 0.15) is 6.79 Å². The van der Waals surface area contributed by atoms with E-state index in [1.807, 2.05) is 31.2 Å². The fourth-order valence-corrected chi connectivity index (χ4v) is 4.02. The first-order chi connectivity index (χ1) is 16.4. The largest absolute Gasteiger partial charge is 0.404 e. The summed E-state index contributed by atoms with van der Waals surface area (Å²) in [6.45, 7) is 3.99. The van der Waals surface area contributed by atoms with E-state index in [0.717, 1.165) is 24.1 Å². The van der Waals surface area contributed by atoms with Gasteiger partial charge in [0, 0.05) is 13.3 Å². The summed E-state index contributed by atoms with van der Waals surface area (Å²) < 4.78 is 10.6. The van der Waals surface area contributed by atoms with Crippen LogP contribution in [0.3, 0.4) is 0 Å². The molecule has 3 N–H and O–H groups in total. The molecule has 1 amide bonds. The molecule has 8 nitrogen and oxygen atoms in total. The van der Waals surface area contributed by atoms with Gasteiger partial charge in [0.2, 0.25) is 0 Å². The van der Waals surface area contributed by atoms with Crippen LogP contribution < -0.4 is 11.1 Å². The summed E-state index contributed by atoms with van der Waals surface area (Å²) in [6.07, 6.45) is 5.75.